The van der Waals surface area contributed by atoms with Crippen LogP contribution in [0, 0.1) is 0 Å². The average Bonchev–Trinajstić information content (AvgIpc) is 3.54. The monoisotopic (exact) mass is 716 g/mol. The number of rotatable bonds is 7. The second-order valence-corrected chi connectivity index (χ2v) is 15.3. The maximum Gasteiger partial charge on any atom is 0.0576 e. The van der Waals surface area contributed by atoms with Crippen LogP contribution in [-0.2, 0) is 5.41 Å². The normalized spacial score (nSPS) is 13.1. The van der Waals surface area contributed by atoms with E-state index in [1.165, 1.54) is 71.6 Å². The van der Waals surface area contributed by atoms with Crippen LogP contribution < -0.4 is 4.90 Å². The number of aromatic nitrogens is 1. The Labute approximate surface area is 328 Å². The van der Waals surface area contributed by atoms with Gasteiger partial charge < -0.3 is 4.90 Å². The lowest BCUT2D eigenvalue weighted by Crippen LogP contribution is -2.18. The SMILES string of the molecule is CC1(C)C(c2ccc(N(c3ccc(-c4ccc(-c5ccc6ccccc6c5)cc4)cc3)c3ccc(-c4ccc5ccccc5c4)cc3)cc2)=Cc2cccnc21. The minimum atomic E-state index is -0.167. The third kappa shape index (κ3) is 6.06. The van der Waals surface area contributed by atoms with Crippen molar-refractivity contribution in [3.8, 4) is 33.4 Å². The molecule has 1 heterocycles. The summed E-state index contributed by atoms with van der Waals surface area (Å²) in [5.74, 6) is 0. The number of allylic oxidation sites excluding steroid dienone is 1. The van der Waals surface area contributed by atoms with Gasteiger partial charge in [0, 0.05) is 28.7 Å². The van der Waals surface area contributed by atoms with Crippen LogP contribution in [0.25, 0.3) is 66.6 Å². The van der Waals surface area contributed by atoms with Crippen molar-refractivity contribution in [1.82, 2.24) is 4.98 Å². The molecule has 0 aliphatic heterocycles. The molecule has 0 amide bonds. The molecule has 2 nitrogen and oxygen atoms in total. The molecule has 9 aromatic rings. The fraction of sp³-hybridized carbons (Fsp3) is 0.0556. The second kappa shape index (κ2) is 13.7. The highest BCUT2D eigenvalue weighted by atomic mass is 15.1. The van der Waals surface area contributed by atoms with Crippen molar-refractivity contribution in [2.75, 3.05) is 4.90 Å². The summed E-state index contributed by atoms with van der Waals surface area (Å²) < 4.78 is 0. The summed E-state index contributed by atoms with van der Waals surface area (Å²) in [4.78, 5) is 7.11. The van der Waals surface area contributed by atoms with Gasteiger partial charge in [0.15, 0.2) is 0 Å². The smallest absolute Gasteiger partial charge is 0.0576 e. The van der Waals surface area contributed by atoms with Crippen molar-refractivity contribution in [2.24, 2.45) is 0 Å². The molecule has 0 bridgehead atoms. The lowest BCUT2D eigenvalue weighted by atomic mass is 9.81. The molecule has 1 aliphatic rings. The van der Waals surface area contributed by atoms with E-state index in [0.717, 1.165) is 22.8 Å². The number of hydrogen-bond donors (Lipinski definition) is 0. The Bertz CT molecular complexity index is 2900. The van der Waals surface area contributed by atoms with E-state index in [9.17, 15) is 0 Å². The number of anilines is 3. The molecule has 0 radical (unpaired) electrons. The number of pyridine rings is 1. The van der Waals surface area contributed by atoms with Crippen LogP contribution in [0.15, 0.2) is 200 Å². The summed E-state index contributed by atoms with van der Waals surface area (Å²) in [6, 6.07) is 70.5. The first-order valence-electron chi connectivity index (χ1n) is 19.4. The van der Waals surface area contributed by atoms with Gasteiger partial charge in [-0.15, -0.1) is 0 Å². The van der Waals surface area contributed by atoms with E-state index in [0.29, 0.717) is 0 Å². The third-order valence-electron chi connectivity index (χ3n) is 11.5. The van der Waals surface area contributed by atoms with Crippen molar-refractivity contribution in [2.45, 2.75) is 19.3 Å². The summed E-state index contributed by atoms with van der Waals surface area (Å²) in [6.07, 6.45) is 4.20. The Morgan fingerprint density at radius 3 is 1.23 bits per heavy atom. The van der Waals surface area contributed by atoms with Gasteiger partial charge in [0.25, 0.3) is 0 Å². The molecule has 2 heteroatoms. The van der Waals surface area contributed by atoms with Crippen molar-refractivity contribution in [3.63, 3.8) is 0 Å². The van der Waals surface area contributed by atoms with Crippen molar-refractivity contribution < 1.29 is 0 Å². The van der Waals surface area contributed by atoms with E-state index in [-0.39, 0.29) is 5.41 Å². The Balaban J connectivity index is 0.978. The van der Waals surface area contributed by atoms with Gasteiger partial charge in [-0.05, 0) is 132 Å². The Hall–Kier alpha value is -7.03. The lowest BCUT2D eigenvalue weighted by molar-refractivity contribution is 0.676. The zero-order valence-corrected chi connectivity index (χ0v) is 31.5. The second-order valence-electron chi connectivity index (χ2n) is 15.3. The van der Waals surface area contributed by atoms with Gasteiger partial charge in [-0.2, -0.15) is 0 Å². The van der Waals surface area contributed by atoms with Crippen LogP contribution in [-0.4, -0.2) is 4.98 Å². The van der Waals surface area contributed by atoms with E-state index in [2.05, 4.69) is 213 Å². The molecule has 0 fully saturated rings. The van der Waals surface area contributed by atoms with E-state index in [4.69, 9.17) is 4.98 Å². The molecular formula is C54H40N2. The molecule has 0 saturated carbocycles. The summed E-state index contributed by atoms with van der Waals surface area (Å²) in [6.45, 7) is 4.54. The van der Waals surface area contributed by atoms with E-state index >= 15 is 0 Å². The maximum atomic E-state index is 4.75. The highest BCUT2D eigenvalue weighted by Gasteiger charge is 2.35. The first-order valence-corrected chi connectivity index (χ1v) is 19.4. The Morgan fingerprint density at radius 1 is 0.375 bits per heavy atom. The highest BCUT2D eigenvalue weighted by molar-refractivity contribution is 5.94. The van der Waals surface area contributed by atoms with Crippen molar-refractivity contribution >= 4 is 50.3 Å². The summed E-state index contributed by atoms with van der Waals surface area (Å²) in [7, 11) is 0. The first-order chi connectivity index (χ1) is 27.5. The number of nitrogens with zero attached hydrogens (tertiary/aromatic N) is 2. The van der Waals surface area contributed by atoms with Crippen LogP contribution in [0.4, 0.5) is 17.1 Å². The van der Waals surface area contributed by atoms with Crippen molar-refractivity contribution in [3.05, 3.63) is 217 Å². The molecule has 1 aromatic heterocycles. The minimum absolute atomic E-state index is 0.167. The van der Waals surface area contributed by atoms with Crippen molar-refractivity contribution in [1.29, 1.82) is 0 Å². The number of hydrogen-bond acceptors (Lipinski definition) is 2. The van der Waals surface area contributed by atoms with Gasteiger partial charge in [0.1, 0.15) is 0 Å². The predicted molar refractivity (Wildman–Crippen MR) is 238 cm³/mol. The third-order valence-corrected chi connectivity index (χ3v) is 11.5. The van der Waals surface area contributed by atoms with Gasteiger partial charge in [-0.3, -0.25) is 4.98 Å². The van der Waals surface area contributed by atoms with E-state index < -0.39 is 0 Å². The van der Waals surface area contributed by atoms with Crippen LogP contribution in [0.5, 0.6) is 0 Å². The largest absolute Gasteiger partial charge is 0.311 e. The zero-order chi connectivity index (χ0) is 37.6. The van der Waals surface area contributed by atoms with Crippen LogP contribution in [0.3, 0.4) is 0 Å². The highest BCUT2D eigenvalue weighted by Crippen LogP contribution is 2.46. The van der Waals surface area contributed by atoms with Crippen LogP contribution in [0.1, 0.15) is 30.7 Å². The molecule has 0 unspecified atom stereocenters. The van der Waals surface area contributed by atoms with Crippen LogP contribution in [0.2, 0.25) is 0 Å². The van der Waals surface area contributed by atoms with Gasteiger partial charge in [0.2, 0.25) is 0 Å². The molecule has 56 heavy (non-hydrogen) atoms. The van der Waals surface area contributed by atoms with E-state index in [1.54, 1.807) is 0 Å². The first kappa shape index (κ1) is 33.5. The van der Waals surface area contributed by atoms with Gasteiger partial charge in [0.05, 0.1) is 5.69 Å². The summed E-state index contributed by atoms with van der Waals surface area (Å²) in [5, 5.41) is 5.02. The Morgan fingerprint density at radius 2 is 0.768 bits per heavy atom. The van der Waals surface area contributed by atoms with E-state index in [1.807, 2.05) is 12.3 Å². The average molecular weight is 717 g/mol. The molecule has 0 atom stereocenters. The maximum absolute atomic E-state index is 4.75. The standard InChI is InChI=1S/C54H40N2/c1-54(2)52(36-48-12-7-33-55-53(48)54)43-25-31-51(32-26-43)56(50-29-23-42(24-30-50)47-20-18-38-9-4-6-11-45(38)35-47)49-27-21-40(22-28-49)39-13-15-41(16-14-39)46-19-17-37-8-3-5-10-44(37)34-46/h3-36H,1-2H3. The number of fused-ring (bicyclic) bond motifs is 3. The van der Waals surface area contributed by atoms with Gasteiger partial charge in [-0.1, -0.05) is 153 Å². The lowest BCUT2D eigenvalue weighted by Gasteiger charge is -2.27. The summed E-state index contributed by atoms with van der Waals surface area (Å²) in [5.41, 5.74) is 15.2. The molecule has 10 rings (SSSR count). The molecule has 1 aliphatic carbocycles. The molecule has 8 aromatic carbocycles. The molecular weight excluding hydrogens is 677 g/mol. The predicted octanol–water partition coefficient (Wildman–Crippen LogP) is 14.7. The minimum Gasteiger partial charge on any atom is -0.311 e. The molecule has 266 valence electrons. The fourth-order valence-electron chi connectivity index (χ4n) is 8.40. The molecule has 0 spiro atoms. The molecule has 0 N–H and O–H groups in total. The topological polar surface area (TPSA) is 16.1 Å². The number of benzene rings is 8. The fourth-order valence-corrected chi connectivity index (χ4v) is 8.40. The van der Waals surface area contributed by atoms with Crippen LogP contribution >= 0.6 is 0 Å². The Kier molecular flexibility index (Phi) is 8.19. The van der Waals surface area contributed by atoms with Gasteiger partial charge >= 0.3 is 0 Å². The van der Waals surface area contributed by atoms with Gasteiger partial charge in [-0.25, -0.2) is 0 Å². The quantitative estimate of drug-likeness (QED) is 0.163. The molecule has 0 saturated heterocycles. The zero-order valence-electron chi connectivity index (χ0n) is 31.5. The summed E-state index contributed by atoms with van der Waals surface area (Å²) >= 11 is 0.